The fourth-order valence-corrected chi connectivity index (χ4v) is 3.06. The van der Waals surface area contributed by atoms with E-state index in [0.717, 1.165) is 19.3 Å². The highest BCUT2D eigenvalue weighted by Crippen LogP contribution is 2.30. The zero-order valence-electron chi connectivity index (χ0n) is 15.2. The number of aliphatic hydroxyl groups excluding tert-OH is 1. The Labute approximate surface area is 144 Å². The lowest BCUT2D eigenvalue weighted by atomic mass is 10.0. The summed E-state index contributed by atoms with van der Waals surface area (Å²) in [4.78, 5) is 22.7. The summed E-state index contributed by atoms with van der Waals surface area (Å²) in [6, 6.07) is 0. The quantitative estimate of drug-likeness (QED) is 0.458. The van der Waals surface area contributed by atoms with E-state index in [9.17, 15) is 14.7 Å². The molecule has 4 atom stereocenters. The maximum absolute atomic E-state index is 11.4. The van der Waals surface area contributed by atoms with Gasteiger partial charge < -0.3 is 19.3 Å². The molecule has 6 heteroatoms. The molecule has 1 aliphatic heterocycles. The van der Waals surface area contributed by atoms with Crippen molar-refractivity contribution in [3.05, 3.63) is 0 Å². The van der Waals surface area contributed by atoms with Crippen LogP contribution in [0.2, 0.25) is 0 Å². The second kappa shape index (κ2) is 11.4. The van der Waals surface area contributed by atoms with Crippen LogP contribution < -0.4 is 0 Å². The molecular weight excluding hydrogens is 312 g/mol. The largest absolute Gasteiger partial charge is 0.466 e. The molecule has 0 unspecified atom stereocenters. The molecule has 0 aromatic heterocycles. The third-order valence-corrected chi connectivity index (χ3v) is 4.25. The van der Waals surface area contributed by atoms with Crippen molar-refractivity contribution in [2.45, 2.75) is 96.6 Å². The summed E-state index contributed by atoms with van der Waals surface area (Å²) in [7, 11) is 0. The number of aliphatic hydroxyl groups is 1. The van der Waals surface area contributed by atoms with Crippen LogP contribution in [0.4, 0.5) is 0 Å². The summed E-state index contributed by atoms with van der Waals surface area (Å²) in [6.07, 6.45) is 4.43. The summed E-state index contributed by atoms with van der Waals surface area (Å²) in [5.41, 5.74) is 0. The molecule has 0 aromatic rings. The van der Waals surface area contributed by atoms with Crippen LogP contribution in [0.3, 0.4) is 0 Å². The summed E-state index contributed by atoms with van der Waals surface area (Å²) < 4.78 is 16.2. The normalized spacial score (nSPS) is 24.6. The molecule has 0 amide bonds. The van der Waals surface area contributed by atoms with E-state index in [-0.39, 0.29) is 30.3 Å². The van der Waals surface area contributed by atoms with E-state index in [1.165, 1.54) is 6.92 Å². The van der Waals surface area contributed by atoms with E-state index in [1.54, 1.807) is 6.92 Å². The summed E-state index contributed by atoms with van der Waals surface area (Å²) in [5.74, 6) is -0.573. The van der Waals surface area contributed by atoms with Crippen LogP contribution in [0.15, 0.2) is 0 Å². The summed E-state index contributed by atoms with van der Waals surface area (Å²) in [6.45, 7) is 5.65. The molecule has 1 heterocycles. The molecule has 140 valence electrons. The number of rotatable bonds is 11. The third kappa shape index (κ3) is 7.62. The van der Waals surface area contributed by atoms with E-state index in [4.69, 9.17) is 14.2 Å². The van der Waals surface area contributed by atoms with E-state index < -0.39 is 6.10 Å². The molecule has 24 heavy (non-hydrogen) atoms. The number of hydrogen-bond donors (Lipinski definition) is 1. The predicted molar refractivity (Wildman–Crippen MR) is 89.5 cm³/mol. The zero-order valence-corrected chi connectivity index (χ0v) is 15.2. The van der Waals surface area contributed by atoms with Crippen molar-refractivity contribution < 1.29 is 28.9 Å². The molecular formula is C18H32O6. The predicted octanol–water partition coefficient (Wildman–Crippen LogP) is 2.75. The monoisotopic (exact) mass is 344 g/mol. The van der Waals surface area contributed by atoms with Gasteiger partial charge in [-0.15, -0.1) is 0 Å². The van der Waals surface area contributed by atoms with Gasteiger partial charge in [-0.25, -0.2) is 0 Å². The highest BCUT2D eigenvalue weighted by molar-refractivity contribution is 5.69. The Morgan fingerprint density at radius 1 is 1.25 bits per heavy atom. The molecule has 0 aromatic carbocycles. The number of hydrogen-bond acceptors (Lipinski definition) is 6. The van der Waals surface area contributed by atoms with Gasteiger partial charge in [0.25, 0.3) is 0 Å². The summed E-state index contributed by atoms with van der Waals surface area (Å²) >= 11 is 0. The number of carbonyl (C=O) groups is 2. The molecule has 1 rings (SSSR count). The van der Waals surface area contributed by atoms with E-state index in [1.807, 2.05) is 0 Å². The van der Waals surface area contributed by atoms with Gasteiger partial charge in [0, 0.05) is 19.8 Å². The number of unbranched alkanes of at least 4 members (excludes halogenated alkanes) is 2. The first-order valence-electron chi connectivity index (χ1n) is 9.14. The second-order valence-electron chi connectivity index (χ2n) is 6.36. The number of ether oxygens (including phenoxy) is 3. The van der Waals surface area contributed by atoms with Gasteiger partial charge in [0.05, 0.1) is 24.9 Å². The molecule has 1 saturated heterocycles. The highest BCUT2D eigenvalue weighted by Gasteiger charge is 2.40. The van der Waals surface area contributed by atoms with Crippen LogP contribution in [0.25, 0.3) is 0 Å². The highest BCUT2D eigenvalue weighted by atomic mass is 16.6. The smallest absolute Gasteiger partial charge is 0.305 e. The standard InChI is InChI=1S/C18H32O6/c1-4-6-7-9-14(20)16-12-17(23-13(3)19)15(24-16)10-8-11-18(21)22-5-2/h14-17,20H,4-12H2,1-3H3/t14-,15-,16-,17-/m1/s1. The lowest BCUT2D eigenvalue weighted by Crippen LogP contribution is -2.26. The Morgan fingerprint density at radius 3 is 2.62 bits per heavy atom. The zero-order chi connectivity index (χ0) is 17.9. The third-order valence-electron chi connectivity index (χ3n) is 4.25. The van der Waals surface area contributed by atoms with Crippen LogP contribution in [0, 0.1) is 0 Å². The maximum atomic E-state index is 11.4. The van der Waals surface area contributed by atoms with Crippen molar-refractivity contribution in [3.8, 4) is 0 Å². The van der Waals surface area contributed by atoms with Crippen molar-refractivity contribution in [1.29, 1.82) is 0 Å². The molecule has 0 saturated carbocycles. The molecule has 1 N–H and O–H groups in total. The fraction of sp³-hybridized carbons (Fsp3) is 0.889. The minimum atomic E-state index is -0.537. The molecule has 6 nitrogen and oxygen atoms in total. The van der Waals surface area contributed by atoms with Gasteiger partial charge in [-0.3, -0.25) is 9.59 Å². The molecule has 0 spiro atoms. The van der Waals surface area contributed by atoms with E-state index in [0.29, 0.717) is 38.7 Å². The Hall–Kier alpha value is -1.14. The average molecular weight is 344 g/mol. The second-order valence-corrected chi connectivity index (χ2v) is 6.36. The van der Waals surface area contributed by atoms with Crippen LogP contribution in [-0.2, 0) is 23.8 Å². The maximum Gasteiger partial charge on any atom is 0.305 e. The fourth-order valence-electron chi connectivity index (χ4n) is 3.06. The Kier molecular flexibility index (Phi) is 9.95. The first-order chi connectivity index (χ1) is 11.5. The first kappa shape index (κ1) is 20.9. The van der Waals surface area contributed by atoms with Crippen molar-refractivity contribution >= 4 is 11.9 Å². The van der Waals surface area contributed by atoms with Gasteiger partial charge in [-0.1, -0.05) is 26.2 Å². The Morgan fingerprint density at radius 2 is 2.00 bits per heavy atom. The lowest BCUT2D eigenvalue weighted by molar-refractivity contribution is -0.150. The van der Waals surface area contributed by atoms with Crippen LogP contribution in [0.5, 0.6) is 0 Å². The van der Waals surface area contributed by atoms with E-state index in [2.05, 4.69) is 6.92 Å². The SMILES string of the molecule is CCCCC[C@@H](O)[C@H]1C[C@@H](OC(C)=O)[C@@H](CCCC(=O)OCC)O1. The van der Waals surface area contributed by atoms with Gasteiger partial charge in [-0.2, -0.15) is 0 Å². The lowest BCUT2D eigenvalue weighted by Gasteiger charge is -2.19. The van der Waals surface area contributed by atoms with Gasteiger partial charge in [0.2, 0.25) is 0 Å². The van der Waals surface area contributed by atoms with Gasteiger partial charge >= 0.3 is 11.9 Å². The van der Waals surface area contributed by atoms with Crippen LogP contribution in [-0.4, -0.2) is 48.1 Å². The van der Waals surface area contributed by atoms with Crippen molar-refractivity contribution in [2.24, 2.45) is 0 Å². The van der Waals surface area contributed by atoms with E-state index >= 15 is 0 Å². The molecule has 1 fully saturated rings. The van der Waals surface area contributed by atoms with Gasteiger partial charge in [0.1, 0.15) is 6.10 Å². The van der Waals surface area contributed by atoms with Crippen molar-refractivity contribution in [2.75, 3.05) is 6.61 Å². The van der Waals surface area contributed by atoms with Gasteiger partial charge in [0.15, 0.2) is 0 Å². The molecule has 0 radical (unpaired) electrons. The Balaban J connectivity index is 2.47. The minimum absolute atomic E-state index is 0.226. The summed E-state index contributed by atoms with van der Waals surface area (Å²) in [5, 5.41) is 10.3. The Bertz CT molecular complexity index is 384. The number of carbonyl (C=O) groups excluding carboxylic acids is 2. The van der Waals surface area contributed by atoms with Crippen LogP contribution >= 0.6 is 0 Å². The molecule has 0 aliphatic carbocycles. The first-order valence-corrected chi connectivity index (χ1v) is 9.14. The number of esters is 2. The van der Waals surface area contributed by atoms with Crippen molar-refractivity contribution in [1.82, 2.24) is 0 Å². The minimum Gasteiger partial charge on any atom is -0.466 e. The molecule has 0 bridgehead atoms. The van der Waals surface area contributed by atoms with Crippen molar-refractivity contribution in [3.63, 3.8) is 0 Å². The molecule has 1 aliphatic rings. The topological polar surface area (TPSA) is 82.1 Å². The van der Waals surface area contributed by atoms with Crippen LogP contribution in [0.1, 0.15) is 72.1 Å². The average Bonchev–Trinajstić information content (AvgIpc) is 2.90. The van der Waals surface area contributed by atoms with Gasteiger partial charge in [-0.05, 0) is 26.2 Å².